The maximum absolute atomic E-state index is 12.2. The SMILES string of the molecule is COCCN1C(=O)OC(C)c2cc3[nH]c(-c4ccncc4)nc3cc21. The van der Waals surface area contributed by atoms with Crippen molar-refractivity contribution >= 4 is 22.8 Å². The number of nitrogens with zero attached hydrogens (tertiary/aromatic N) is 3. The van der Waals surface area contributed by atoms with E-state index in [9.17, 15) is 4.79 Å². The molecule has 1 aliphatic heterocycles. The Kier molecular flexibility index (Phi) is 3.85. The highest BCUT2D eigenvalue weighted by Gasteiger charge is 2.31. The topological polar surface area (TPSA) is 80.3 Å². The lowest BCUT2D eigenvalue weighted by Crippen LogP contribution is -2.39. The van der Waals surface area contributed by atoms with E-state index < -0.39 is 0 Å². The van der Waals surface area contributed by atoms with Crippen LogP contribution in [0.4, 0.5) is 10.5 Å². The molecule has 7 heteroatoms. The number of fused-ring (bicyclic) bond motifs is 2. The van der Waals surface area contributed by atoms with E-state index in [1.807, 2.05) is 31.2 Å². The van der Waals surface area contributed by atoms with E-state index in [1.54, 1.807) is 24.4 Å². The van der Waals surface area contributed by atoms with Gasteiger partial charge in [0, 0.05) is 30.6 Å². The molecule has 1 amide bonds. The smallest absolute Gasteiger partial charge is 0.414 e. The summed E-state index contributed by atoms with van der Waals surface area (Å²) in [6.45, 7) is 2.74. The molecule has 0 saturated heterocycles. The summed E-state index contributed by atoms with van der Waals surface area (Å²) in [5.41, 5.74) is 4.44. The molecule has 0 radical (unpaired) electrons. The second kappa shape index (κ2) is 6.18. The number of anilines is 1. The number of carbonyl (C=O) groups is 1. The highest BCUT2D eigenvalue weighted by molar-refractivity contribution is 5.95. The molecule has 2 aromatic heterocycles. The molecule has 0 spiro atoms. The summed E-state index contributed by atoms with van der Waals surface area (Å²) in [5.74, 6) is 0.767. The van der Waals surface area contributed by atoms with E-state index in [-0.39, 0.29) is 12.2 Å². The number of cyclic esters (lactones) is 1. The molecule has 0 fully saturated rings. The van der Waals surface area contributed by atoms with E-state index in [1.165, 1.54) is 0 Å². The lowest BCUT2D eigenvalue weighted by molar-refractivity contribution is 0.105. The molecule has 4 rings (SSSR count). The number of aromatic amines is 1. The van der Waals surface area contributed by atoms with Crippen molar-refractivity contribution in [2.45, 2.75) is 13.0 Å². The summed E-state index contributed by atoms with van der Waals surface area (Å²) >= 11 is 0. The first-order valence-electron chi connectivity index (χ1n) is 8.08. The third-order valence-corrected chi connectivity index (χ3v) is 4.33. The normalized spacial score (nSPS) is 16.8. The molecule has 0 bridgehead atoms. The molecule has 1 unspecified atom stereocenters. The Morgan fingerprint density at radius 3 is 2.88 bits per heavy atom. The van der Waals surface area contributed by atoms with Gasteiger partial charge in [-0.2, -0.15) is 0 Å². The number of amides is 1. The number of nitrogens with one attached hydrogen (secondary N) is 1. The van der Waals surface area contributed by atoms with Gasteiger partial charge in [0.2, 0.25) is 0 Å². The summed E-state index contributed by atoms with van der Waals surface area (Å²) in [4.78, 5) is 25.9. The van der Waals surface area contributed by atoms with Gasteiger partial charge in [-0.05, 0) is 31.2 Å². The highest BCUT2D eigenvalue weighted by Crippen LogP contribution is 2.37. The Morgan fingerprint density at radius 2 is 2.12 bits per heavy atom. The van der Waals surface area contributed by atoms with E-state index in [2.05, 4.69) is 15.0 Å². The molecule has 3 heterocycles. The average Bonchev–Trinajstić information content (AvgIpc) is 3.04. The quantitative estimate of drug-likeness (QED) is 0.789. The fourth-order valence-electron chi connectivity index (χ4n) is 3.04. The molecule has 3 aromatic rings. The summed E-state index contributed by atoms with van der Waals surface area (Å²) < 4.78 is 10.6. The molecule has 0 aliphatic carbocycles. The molecule has 1 atom stereocenters. The van der Waals surface area contributed by atoms with Gasteiger partial charge in [0.1, 0.15) is 11.9 Å². The molecular weight excluding hydrogens is 320 g/mol. The summed E-state index contributed by atoms with van der Waals surface area (Å²) in [6.07, 6.45) is 2.79. The van der Waals surface area contributed by atoms with Crippen LogP contribution >= 0.6 is 0 Å². The predicted molar refractivity (Wildman–Crippen MR) is 93.4 cm³/mol. The van der Waals surface area contributed by atoms with Crippen molar-refractivity contribution in [1.82, 2.24) is 15.0 Å². The maximum Gasteiger partial charge on any atom is 0.414 e. The van der Waals surface area contributed by atoms with Gasteiger partial charge in [0.15, 0.2) is 0 Å². The van der Waals surface area contributed by atoms with Crippen LogP contribution in [0.1, 0.15) is 18.6 Å². The number of ether oxygens (including phenoxy) is 2. The molecular formula is C18H18N4O3. The summed E-state index contributed by atoms with van der Waals surface area (Å²) in [6, 6.07) is 7.73. The molecule has 128 valence electrons. The van der Waals surface area contributed by atoms with Crippen molar-refractivity contribution in [2.24, 2.45) is 0 Å². The van der Waals surface area contributed by atoms with E-state index >= 15 is 0 Å². The first kappa shape index (κ1) is 15.6. The number of benzene rings is 1. The standard InChI is InChI=1S/C18H18N4O3/c1-11-13-9-14-15(21-17(20-14)12-3-5-19-6-4-12)10-16(13)22(7-8-24-2)18(23)25-11/h3-6,9-11H,7-8H2,1-2H3,(H,20,21). The number of hydrogen-bond acceptors (Lipinski definition) is 5. The molecule has 0 saturated carbocycles. The van der Waals surface area contributed by atoms with Crippen LogP contribution in [0.2, 0.25) is 0 Å². The Morgan fingerprint density at radius 1 is 1.32 bits per heavy atom. The summed E-state index contributed by atoms with van der Waals surface area (Å²) in [7, 11) is 1.61. The van der Waals surface area contributed by atoms with Crippen LogP contribution in [0.3, 0.4) is 0 Å². The minimum absolute atomic E-state index is 0.307. The van der Waals surface area contributed by atoms with Crippen molar-refractivity contribution in [1.29, 1.82) is 0 Å². The molecule has 1 aliphatic rings. The van der Waals surface area contributed by atoms with Gasteiger partial charge in [0.25, 0.3) is 0 Å². The van der Waals surface area contributed by atoms with Crippen molar-refractivity contribution < 1.29 is 14.3 Å². The number of aromatic nitrogens is 3. The zero-order valence-corrected chi connectivity index (χ0v) is 14.0. The fraction of sp³-hybridized carbons (Fsp3) is 0.278. The first-order chi connectivity index (χ1) is 12.2. The Labute approximate surface area is 144 Å². The third kappa shape index (κ3) is 2.72. The van der Waals surface area contributed by atoms with Crippen LogP contribution in [-0.2, 0) is 9.47 Å². The number of carbonyl (C=O) groups excluding carboxylic acids is 1. The second-order valence-electron chi connectivity index (χ2n) is 5.92. The lowest BCUT2D eigenvalue weighted by Gasteiger charge is -2.32. The largest absolute Gasteiger partial charge is 0.441 e. The predicted octanol–water partition coefficient (Wildman–Crippen LogP) is 3.29. The third-order valence-electron chi connectivity index (χ3n) is 4.33. The fourth-order valence-corrected chi connectivity index (χ4v) is 3.04. The Bertz CT molecular complexity index is 923. The Hall–Kier alpha value is -2.93. The first-order valence-corrected chi connectivity index (χ1v) is 8.08. The summed E-state index contributed by atoms with van der Waals surface area (Å²) in [5, 5.41) is 0. The van der Waals surface area contributed by atoms with E-state index in [0.717, 1.165) is 33.7 Å². The number of H-pyrrole nitrogens is 1. The van der Waals surface area contributed by atoms with E-state index in [4.69, 9.17) is 9.47 Å². The van der Waals surface area contributed by atoms with Crippen LogP contribution in [0.25, 0.3) is 22.4 Å². The van der Waals surface area contributed by atoms with Crippen molar-refractivity contribution in [3.63, 3.8) is 0 Å². The maximum atomic E-state index is 12.2. The highest BCUT2D eigenvalue weighted by atomic mass is 16.6. The van der Waals surface area contributed by atoms with Crippen LogP contribution in [-0.4, -0.2) is 41.3 Å². The van der Waals surface area contributed by atoms with Crippen LogP contribution in [0, 0.1) is 0 Å². The van der Waals surface area contributed by atoms with Crippen molar-refractivity contribution in [3.05, 3.63) is 42.2 Å². The number of imidazole rings is 1. The van der Waals surface area contributed by atoms with Crippen molar-refractivity contribution in [2.75, 3.05) is 25.2 Å². The van der Waals surface area contributed by atoms with Crippen LogP contribution in [0.5, 0.6) is 0 Å². The number of pyridine rings is 1. The zero-order valence-electron chi connectivity index (χ0n) is 14.0. The molecule has 1 N–H and O–H groups in total. The number of rotatable bonds is 4. The second-order valence-corrected chi connectivity index (χ2v) is 5.92. The van der Waals surface area contributed by atoms with Crippen LogP contribution in [0.15, 0.2) is 36.7 Å². The lowest BCUT2D eigenvalue weighted by atomic mass is 10.0. The zero-order chi connectivity index (χ0) is 17.4. The molecule has 7 nitrogen and oxygen atoms in total. The van der Waals surface area contributed by atoms with Gasteiger partial charge in [-0.3, -0.25) is 9.88 Å². The van der Waals surface area contributed by atoms with Crippen LogP contribution < -0.4 is 4.90 Å². The minimum atomic E-state index is -0.360. The molecule has 25 heavy (non-hydrogen) atoms. The van der Waals surface area contributed by atoms with Gasteiger partial charge in [-0.25, -0.2) is 9.78 Å². The van der Waals surface area contributed by atoms with Gasteiger partial charge in [-0.1, -0.05) is 0 Å². The number of methoxy groups -OCH3 is 1. The van der Waals surface area contributed by atoms with Gasteiger partial charge in [0.05, 0.1) is 29.9 Å². The minimum Gasteiger partial charge on any atom is -0.441 e. The monoisotopic (exact) mass is 338 g/mol. The van der Waals surface area contributed by atoms with Crippen molar-refractivity contribution in [3.8, 4) is 11.4 Å². The molecule has 1 aromatic carbocycles. The van der Waals surface area contributed by atoms with E-state index in [0.29, 0.717) is 13.2 Å². The van der Waals surface area contributed by atoms with Gasteiger partial charge < -0.3 is 14.5 Å². The number of hydrogen-bond donors (Lipinski definition) is 1. The van der Waals surface area contributed by atoms with Gasteiger partial charge in [-0.15, -0.1) is 0 Å². The van der Waals surface area contributed by atoms with Gasteiger partial charge >= 0.3 is 6.09 Å². The Balaban J connectivity index is 1.82. The average molecular weight is 338 g/mol.